The van der Waals surface area contributed by atoms with Crippen molar-refractivity contribution >= 4 is 47.7 Å². The number of hydrogen-bond donors (Lipinski definition) is 0. The number of amides is 2. The van der Waals surface area contributed by atoms with Crippen molar-refractivity contribution in [3.63, 3.8) is 0 Å². The molecule has 6 heteroatoms. The Hall–Kier alpha value is -6.66. The van der Waals surface area contributed by atoms with Crippen LogP contribution in [0, 0.1) is 0 Å². The average Bonchev–Trinajstić information content (AvgIpc) is 3.19. The van der Waals surface area contributed by atoms with Gasteiger partial charge in [-0.1, -0.05) is 133 Å². The maximum Gasteiger partial charge on any atom is 0.255 e. The molecule has 0 bridgehead atoms. The summed E-state index contributed by atoms with van der Waals surface area (Å²) in [6, 6.07) is 45.0. The molecule has 2 saturated heterocycles. The fraction of sp³-hybridized carbons (Fsp3) is 0.0870. The first-order valence-electron chi connectivity index (χ1n) is 17.2. The predicted molar refractivity (Wildman–Crippen MR) is 206 cm³/mol. The van der Waals surface area contributed by atoms with Crippen molar-refractivity contribution in [2.45, 2.75) is 0 Å². The van der Waals surface area contributed by atoms with Crippen molar-refractivity contribution in [1.82, 2.24) is 9.80 Å². The molecular weight excluding hydrogens is 645 g/mol. The molecular formula is C46H36N2O4. The van der Waals surface area contributed by atoms with Crippen LogP contribution >= 0.6 is 0 Å². The molecule has 2 heterocycles. The normalized spacial score (nSPS) is 18.0. The summed E-state index contributed by atoms with van der Waals surface area (Å²) in [5.74, 6) is -0.950. The molecule has 0 saturated carbocycles. The summed E-state index contributed by atoms with van der Waals surface area (Å²) in [5.41, 5.74) is 5.83. The fourth-order valence-electron chi connectivity index (χ4n) is 6.56. The Morgan fingerprint density at radius 1 is 0.365 bits per heavy atom. The molecule has 2 aliphatic heterocycles. The van der Waals surface area contributed by atoms with Crippen molar-refractivity contribution in [2.24, 2.45) is 0 Å². The minimum Gasteiger partial charge on any atom is -0.330 e. The molecule has 254 valence electrons. The van der Waals surface area contributed by atoms with Gasteiger partial charge in [-0.25, -0.2) is 0 Å². The van der Waals surface area contributed by atoms with Crippen molar-refractivity contribution < 1.29 is 19.2 Å². The Balaban J connectivity index is 1.23. The van der Waals surface area contributed by atoms with Crippen molar-refractivity contribution in [3.05, 3.63) is 201 Å². The van der Waals surface area contributed by atoms with Gasteiger partial charge in [0.25, 0.3) is 11.8 Å². The third-order valence-electron chi connectivity index (χ3n) is 9.14. The molecule has 0 aromatic heterocycles. The Labute approximate surface area is 303 Å². The molecule has 5 aromatic carbocycles. The van der Waals surface area contributed by atoms with Crippen LogP contribution in [0.2, 0.25) is 0 Å². The zero-order chi connectivity index (χ0) is 35.9. The number of carbonyl (C=O) groups is 4. The maximum absolute atomic E-state index is 14.5. The van der Waals surface area contributed by atoms with Gasteiger partial charge in [0, 0.05) is 22.3 Å². The molecule has 2 fully saturated rings. The van der Waals surface area contributed by atoms with E-state index in [-0.39, 0.29) is 60.7 Å². The van der Waals surface area contributed by atoms with Gasteiger partial charge in [0.05, 0.1) is 37.3 Å². The predicted octanol–water partition coefficient (Wildman–Crippen LogP) is 8.07. The molecule has 7 rings (SSSR count). The van der Waals surface area contributed by atoms with Crippen LogP contribution in [0.25, 0.3) is 24.3 Å². The van der Waals surface area contributed by atoms with E-state index in [4.69, 9.17) is 0 Å². The van der Waals surface area contributed by atoms with E-state index in [1.807, 2.05) is 146 Å². The van der Waals surface area contributed by atoms with Crippen LogP contribution < -0.4 is 0 Å². The number of piperidine rings is 2. The van der Waals surface area contributed by atoms with E-state index in [1.165, 1.54) is 0 Å². The summed E-state index contributed by atoms with van der Waals surface area (Å²) in [4.78, 5) is 59.8. The first-order valence-corrected chi connectivity index (χ1v) is 17.2. The Bertz CT molecular complexity index is 1970. The second-order valence-corrected chi connectivity index (χ2v) is 12.8. The van der Waals surface area contributed by atoms with Gasteiger partial charge in [-0.05, 0) is 58.7 Å². The summed E-state index contributed by atoms with van der Waals surface area (Å²) in [5, 5.41) is 0. The van der Waals surface area contributed by atoms with Crippen molar-refractivity contribution in [2.75, 3.05) is 26.2 Å². The van der Waals surface area contributed by atoms with Crippen LogP contribution in [-0.2, 0) is 9.59 Å². The number of ketones is 2. The smallest absolute Gasteiger partial charge is 0.255 e. The van der Waals surface area contributed by atoms with Gasteiger partial charge in [0.1, 0.15) is 0 Å². The molecule has 5 aromatic rings. The molecule has 2 aliphatic rings. The first-order chi connectivity index (χ1) is 25.4. The number of rotatable bonds is 6. The van der Waals surface area contributed by atoms with Crippen LogP contribution in [0.4, 0.5) is 0 Å². The van der Waals surface area contributed by atoms with Crippen LogP contribution in [0.3, 0.4) is 0 Å². The molecule has 0 aliphatic carbocycles. The Morgan fingerprint density at radius 2 is 0.596 bits per heavy atom. The third kappa shape index (κ3) is 7.72. The lowest BCUT2D eigenvalue weighted by Crippen LogP contribution is -2.44. The number of carbonyl (C=O) groups excluding carboxylic acids is 4. The molecule has 0 spiro atoms. The van der Waals surface area contributed by atoms with E-state index in [0.717, 1.165) is 22.3 Å². The van der Waals surface area contributed by atoms with Gasteiger partial charge in [0.2, 0.25) is 0 Å². The Kier molecular flexibility index (Phi) is 10.1. The molecule has 2 amide bonds. The molecule has 0 unspecified atom stereocenters. The van der Waals surface area contributed by atoms with E-state index in [0.29, 0.717) is 22.3 Å². The van der Waals surface area contributed by atoms with Gasteiger partial charge >= 0.3 is 0 Å². The monoisotopic (exact) mass is 680 g/mol. The largest absolute Gasteiger partial charge is 0.330 e. The summed E-state index contributed by atoms with van der Waals surface area (Å²) >= 11 is 0. The number of nitrogens with zero attached hydrogens (tertiary/aromatic N) is 2. The highest BCUT2D eigenvalue weighted by Crippen LogP contribution is 2.27. The SMILES string of the molecule is O=C1/C(=C/c2ccccc2)CN(C(=O)c2ccccc2C(=O)N2C/C(=C\c3ccccc3)C(=O)/C(=C/c3ccccc3)C2)C/C1=C\c1ccccc1. The fourth-order valence-corrected chi connectivity index (χ4v) is 6.56. The molecule has 0 radical (unpaired) electrons. The van der Waals surface area contributed by atoms with E-state index < -0.39 is 0 Å². The number of hydrogen-bond acceptors (Lipinski definition) is 4. The third-order valence-corrected chi connectivity index (χ3v) is 9.14. The van der Waals surface area contributed by atoms with Gasteiger partial charge in [-0.3, -0.25) is 19.2 Å². The van der Waals surface area contributed by atoms with Gasteiger partial charge in [0.15, 0.2) is 11.6 Å². The highest BCUT2D eigenvalue weighted by molar-refractivity contribution is 6.18. The Morgan fingerprint density at radius 3 is 0.846 bits per heavy atom. The lowest BCUT2D eigenvalue weighted by atomic mass is 9.92. The van der Waals surface area contributed by atoms with E-state index >= 15 is 0 Å². The van der Waals surface area contributed by atoms with Crippen LogP contribution in [-0.4, -0.2) is 59.4 Å². The zero-order valence-electron chi connectivity index (χ0n) is 28.5. The quantitative estimate of drug-likeness (QED) is 0.170. The summed E-state index contributed by atoms with van der Waals surface area (Å²) in [7, 11) is 0. The van der Waals surface area contributed by atoms with E-state index in [2.05, 4.69) is 0 Å². The van der Waals surface area contributed by atoms with E-state index in [9.17, 15) is 19.2 Å². The summed E-state index contributed by atoms with van der Waals surface area (Å²) in [6.07, 6.45) is 7.29. The van der Waals surface area contributed by atoms with Gasteiger partial charge < -0.3 is 9.80 Å². The number of benzene rings is 5. The minimum absolute atomic E-state index is 0.0906. The zero-order valence-corrected chi connectivity index (χ0v) is 28.5. The first kappa shape index (κ1) is 33.8. The van der Waals surface area contributed by atoms with Gasteiger partial charge in [-0.15, -0.1) is 0 Å². The second-order valence-electron chi connectivity index (χ2n) is 12.8. The average molecular weight is 681 g/mol. The van der Waals surface area contributed by atoms with Crippen LogP contribution in [0.1, 0.15) is 43.0 Å². The summed E-state index contributed by atoms with van der Waals surface area (Å²) in [6.45, 7) is 0.363. The number of Topliss-reactive ketones (excluding diaryl/α,β-unsaturated/α-hetero) is 2. The maximum atomic E-state index is 14.5. The van der Waals surface area contributed by atoms with E-state index in [1.54, 1.807) is 34.1 Å². The van der Waals surface area contributed by atoms with Crippen LogP contribution in [0.5, 0.6) is 0 Å². The summed E-state index contributed by atoms with van der Waals surface area (Å²) < 4.78 is 0. The topological polar surface area (TPSA) is 74.8 Å². The molecule has 0 N–H and O–H groups in total. The molecule has 0 atom stereocenters. The van der Waals surface area contributed by atoms with Gasteiger partial charge in [-0.2, -0.15) is 0 Å². The lowest BCUT2D eigenvalue weighted by molar-refractivity contribution is -0.114. The second kappa shape index (κ2) is 15.5. The van der Waals surface area contributed by atoms with Crippen molar-refractivity contribution in [3.8, 4) is 0 Å². The lowest BCUT2D eigenvalue weighted by Gasteiger charge is -2.32. The minimum atomic E-state index is -0.359. The molecule has 6 nitrogen and oxygen atoms in total. The highest BCUT2D eigenvalue weighted by Gasteiger charge is 2.34. The van der Waals surface area contributed by atoms with Crippen LogP contribution in [0.15, 0.2) is 168 Å². The van der Waals surface area contributed by atoms with Crippen molar-refractivity contribution in [1.29, 1.82) is 0 Å². The standard InChI is InChI=1S/C46H36N2O4/c49-43-37(25-33-15-5-1-6-16-33)29-47(30-38(43)26-34-17-7-2-8-18-34)45(51)41-23-13-14-24-42(41)46(52)48-31-39(27-35-19-9-3-10-20-35)44(50)40(32-48)28-36-21-11-4-12-22-36/h1-28H,29-32H2/b37-25+,38-26+,39-27+,40-28+. The molecule has 52 heavy (non-hydrogen) atoms. The highest BCUT2D eigenvalue weighted by atomic mass is 16.2. The number of likely N-dealkylation sites (tertiary alicyclic amines) is 2.